The maximum absolute atomic E-state index is 13.6. The predicted octanol–water partition coefficient (Wildman–Crippen LogP) is 5.64. The molecule has 2 heterocycles. The average molecular weight is 475 g/mol. The number of hydroxylamine groups is 2. The van der Waals surface area contributed by atoms with E-state index in [4.69, 9.17) is 28.0 Å². The van der Waals surface area contributed by atoms with Gasteiger partial charge in [0, 0.05) is 28.8 Å². The highest BCUT2D eigenvalue weighted by molar-refractivity contribution is 6.31. The lowest BCUT2D eigenvalue weighted by Crippen LogP contribution is -2.49. The summed E-state index contributed by atoms with van der Waals surface area (Å²) in [5.41, 5.74) is 1.46. The Labute approximate surface area is 199 Å². The van der Waals surface area contributed by atoms with E-state index in [2.05, 4.69) is 5.32 Å². The summed E-state index contributed by atoms with van der Waals surface area (Å²) in [6, 6.07) is 13.3. The van der Waals surface area contributed by atoms with E-state index in [1.807, 2.05) is 63.2 Å². The van der Waals surface area contributed by atoms with Crippen LogP contribution in [0, 0.1) is 11.3 Å². The van der Waals surface area contributed by atoms with Gasteiger partial charge < -0.3 is 10.2 Å². The zero-order chi connectivity index (χ0) is 23.1. The molecule has 0 aromatic heterocycles. The highest BCUT2D eigenvalue weighted by Gasteiger charge is 2.52. The molecule has 7 heteroatoms. The topological polar surface area (TPSA) is 58.6 Å². The van der Waals surface area contributed by atoms with Crippen molar-refractivity contribution in [3.63, 3.8) is 0 Å². The van der Waals surface area contributed by atoms with Crippen molar-refractivity contribution >= 4 is 40.8 Å². The minimum atomic E-state index is -0.731. The lowest BCUT2D eigenvalue weighted by atomic mass is 9.64. The fourth-order valence-electron chi connectivity index (χ4n) is 4.75. The molecule has 2 aromatic carbocycles. The Morgan fingerprint density at radius 1 is 1.12 bits per heavy atom. The van der Waals surface area contributed by atoms with Gasteiger partial charge in [0.25, 0.3) is 0 Å². The van der Waals surface area contributed by atoms with E-state index in [1.165, 1.54) is 0 Å². The monoisotopic (exact) mass is 474 g/mol. The van der Waals surface area contributed by atoms with Gasteiger partial charge in [-0.05, 0) is 81.3 Å². The third-order valence-corrected chi connectivity index (χ3v) is 6.93. The number of carbonyl (C=O) groups excluding carboxylic acids is 2. The predicted molar refractivity (Wildman–Crippen MR) is 127 cm³/mol. The van der Waals surface area contributed by atoms with E-state index in [-0.39, 0.29) is 17.8 Å². The Hall–Kier alpha value is -2.08. The van der Waals surface area contributed by atoms with Crippen molar-refractivity contribution < 1.29 is 14.4 Å². The van der Waals surface area contributed by atoms with Crippen LogP contribution in [0.25, 0.3) is 0 Å². The summed E-state index contributed by atoms with van der Waals surface area (Å²) in [6.45, 7) is 6.69. The van der Waals surface area contributed by atoms with Gasteiger partial charge in [0.15, 0.2) is 0 Å². The summed E-state index contributed by atoms with van der Waals surface area (Å²) in [4.78, 5) is 31.5. The van der Waals surface area contributed by atoms with Crippen LogP contribution in [0.5, 0.6) is 0 Å². The summed E-state index contributed by atoms with van der Waals surface area (Å²) in [5.74, 6) is -0.184. The van der Waals surface area contributed by atoms with Crippen molar-refractivity contribution in [2.75, 3.05) is 18.4 Å². The molecule has 1 fully saturated rings. The molecule has 1 atom stereocenters. The largest absolute Gasteiger partial charge is 0.367 e. The molecule has 170 valence electrons. The molecule has 1 saturated heterocycles. The molecule has 1 unspecified atom stereocenters. The van der Waals surface area contributed by atoms with Crippen molar-refractivity contribution in [3.05, 3.63) is 63.6 Å². The van der Waals surface area contributed by atoms with Crippen LogP contribution in [-0.4, -0.2) is 30.0 Å². The zero-order valence-electron chi connectivity index (χ0n) is 18.6. The van der Waals surface area contributed by atoms with E-state index >= 15 is 0 Å². The van der Waals surface area contributed by atoms with Crippen LogP contribution in [0.3, 0.4) is 0 Å². The van der Waals surface area contributed by atoms with E-state index in [1.54, 1.807) is 5.06 Å². The van der Waals surface area contributed by atoms with Crippen LogP contribution in [0.15, 0.2) is 42.5 Å². The summed E-state index contributed by atoms with van der Waals surface area (Å²) in [5, 5.41) is 6.04. The van der Waals surface area contributed by atoms with E-state index in [9.17, 15) is 9.59 Å². The molecule has 5 nitrogen and oxygen atoms in total. The first-order valence-electron chi connectivity index (χ1n) is 10.9. The molecule has 1 N–H and O–H groups in total. The molecule has 0 aliphatic carbocycles. The first-order chi connectivity index (χ1) is 15.1. The van der Waals surface area contributed by atoms with Crippen molar-refractivity contribution in [2.45, 2.75) is 45.4 Å². The minimum Gasteiger partial charge on any atom is -0.367 e. The molecule has 32 heavy (non-hydrogen) atoms. The van der Waals surface area contributed by atoms with Crippen molar-refractivity contribution in [1.29, 1.82) is 0 Å². The molecule has 0 saturated carbocycles. The lowest BCUT2D eigenvalue weighted by Gasteiger charge is -2.41. The number of piperidine rings is 1. The number of nitrogens with one attached hydrogen (secondary N) is 1. The second-order valence-electron chi connectivity index (χ2n) is 9.75. The third-order valence-electron chi connectivity index (χ3n) is 6.46. The van der Waals surface area contributed by atoms with Gasteiger partial charge in [0.05, 0.1) is 10.8 Å². The number of hydrogen-bond acceptors (Lipinski definition) is 4. The Bertz CT molecular complexity index is 1040. The highest BCUT2D eigenvalue weighted by Crippen LogP contribution is 2.49. The molecular formula is C25H28Cl2N2O3. The molecule has 0 bridgehead atoms. The number of halogens is 2. The Morgan fingerprint density at radius 3 is 2.47 bits per heavy atom. The van der Waals surface area contributed by atoms with E-state index in [0.29, 0.717) is 29.6 Å². The van der Waals surface area contributed by atoms with Gasteiger partial charge in [-0.2, -0.15) is 0 Å². The third kappa shape index (κ3) is 4.39. The number of anilines is 1. The van der Waals surface area contributed by atoms with E-state index < -0.39 is 10.8 Å². The van der Waals surface area contributed by atoms with Gasteiger partial charge in [-0.25, -0.2) is 4.79 Å². The maximum Gasteiger partial charge on any atom is 0.330 e. The fraction of sp³-hybridized carbons (Fsp3) is 0.440. The molecule has 4 rings (SSSR count). The SMILES string of the molecule is CC(C)(C)C(=O)ON1CCC(C2(Cc3cccc(Cl)c3)C(=O)Nc3cc(Cl)ccc32)CC1. The second-order valence-corrected chi connectivity index (χ2v) is 10.6. The summed E-state index contributed by atoms with van der Waals surface area (Å²) in [7, 11) is 0. The first kappa shape index (κ1) is 23.1. The van der Waals surface area contributed by atoms with Crippen LogP contribution in [0.2, 0.25) is 10.0 Å². The van der Waals surface area contributed by atoms with Gasteiger partial charge in [-0.3, -0.25) is 4.79 Å². The summed E-state index contributed by atoms with van der Waals surface area (Å²) in [6.07, 6.45) is 2.00. The van der Waals surface area contributed by atoms with Crippen LogP contribution in [0.4, 0.5) is 5.69 Å². The van der Waals surface area contributed by atoms with Crippen molar-refractivity contribution in [1.82, 2.24) is 5.06 Å². The molecular weight excluding hydrogens is 447 g/mol. The smallest absolute Gasteiger partial charge is 0.330 e. The first-order valence-corrected chi connectivity index (χ1v) is 11.7. The molecule has 2 aromatic rings. The number of amides is 1. The van der Waals surface area contributed by atoms with Crippen LogP contribution >= 0.6 is 23.2 Å². The number of hydrogen-bond donors (Lipinski definition) is 1. The quantitative estimate of drug-likeness (QED) is 0.622. The Kier molecular flexibility index (Phi) is 6.27. The summed E-state index contributed by atoms with van der Waals surface area (Å²) >= 11 is 12.5. The van der Waals surface area contributed by atoms with Gasteiger partial charge in [0.1, 0.15) is 0 Å². The van der Waals surface area contributed by atoms with Gasteiger partial charge in [-0.1, -0.05) is 41.4 Å². The van der Waals surface area contributed by atoms with Crippen LogP contribution in [-0.2, 0) is 26.3 Å². The molecule has 0 spiro atoms. The summed E-state index contributed by atoms with van der Waals surface area (Å²) < 4.78 is 0. The standard InChI is InChI=1S/C25H28Cl2N2O3/c1-24(2,3)23(31)32-29-11-9-17(10-12-29)25(15-16-5-4-6-18(26)13-16)20-8-7-19(27)14-21(20)28-22(25)30/h4-8,13-14,17H,9-12,15H2,1-3H3,(H,28,30). The number of fused-ring (bicyclic) bond motifs is 1. The number of nitrogens with zero attached hydrogens (tertiary/aromatic N) is 1. The Morgan fingerprint density at radius 2 is 1.81 bits per heavy atom. The number of benzene rings is 2. The van der Waals surface area contributed by atoms with Gasteiger partial charge >= 0.3 is 5.97 Å². The van der Waals surface area contributed by atoms with Crippen molar-refractivity contribution in [3.8, 4) is 0 Å². The zero-order valence-corrected chi connectivity index (χ0v) is 20.1. The lowest BCUT2D eigenvalue weighted by molar-refractivity contribution is -0.207. The van der Waals surface area contributed by atoms with Crippen LogP contribution < -0.4 is 5.32 Å². The molecule has 0 radical (unpaired) electrons. The van der Waals surface area contributed by atoms with E-state index in [0.717, 1.165) is 29.7 Å². The molecule has 2 aliphatic heterocycles. The van der Waals surface area contributed by atoms with Crippen LogP contribution in [0.1, 0.15) is 44.7 Å². The minimum absolute atomic E-state index is 0.0140. The highest BCUT2D eigenvalue weighted by atomic mass is 35.5. The normalized spacial score (nSPS) is 21.8. The van der Waals surface area contributed by atoms with Gasteiger partial charge in [-0.15, -0.1) is 5.06 Å². The Balaban J connectivity index is 1.64. The second kappa shape index (κ2) is 8.69. The number of rotatable bonds is 4. The van der Waals surface area contributed by atoms with Gasteiger partial charge in [0.2, 0.25) is 5.91 Å². The number of carbonyl (C=O) groups is 2. The molecule has 1 amide bonds. The molecule has 2 aliphatic rings. The average Bonchev–Trinajstić information content (AvgIpc) is 2.99. The fourth-order valence-corrected chi connectivity index (χ4v) is 5.14. The maximum atomic E-state index is 13.6. The van der Waals surface area contributed by atoms with Crippen molar-refractivity contribution in [2.24, 2.45) is 11.3 Å².